The van der Waals surface area contributed by atoms with Crippen molar-refractivity contribution in [3.63, 3.8) is 0 Å². The van der Waals surface area contributed by atoms with Crippen molar-refractivity contribution in [1.29, 1.82) is 0 Å². The largest absolute Gasteiger partial charge is 0.383 e. The fourth-order valence-corrected chi connectivity index (χ4v) is 1.34. The van der Waals surface area contributed by atoms with Gasteiger partial charge in [-0.15, -0.1) is 0 Å². The number of aldehydes is 1. The van der Waals surface area contributed by atoms with Gasteiger partial charge in [0, 0.05) is 31.4 Å². The molecule has 0 aliphatic heterocycles. The van der Waals surface area contributed by atoms with Crippen LogP contribution in [0, 0.1) is 11.6 Å². The van der Waals surface area contributed by atoms with Crippen LogP contribution in [0.1, 0.15) is 5.56 Å². The van der Waals surface area contributed by atoms with Crippen LogP contribution in [-0.2, 0) is 4.79 Å². The van der Waals surface area contributed by atoms with E-state index in [0.717, 1.165) is 0 Å². The van der Waals surface area contributed by atoms with E-state index >= 15 is 0 Å². The van der Waals surface area contributed by atoms with Gasteiger partial charge >= 0.3 is 0 Å². The number of allylic oxidation sites excluding steroid dienone is 1. The molecule has 0 fully saturated rings. The number of nitrogens with zero attached hydrogens (tertiary/aromatic N) is 1. The van der Waals surface area contributed by atoms with Crippen molar-refractivity contribution in [3.8, 4) is 0 Å². The maximum Gasteiger partial charge on any atom is 0.178 e. The predicted octanol–water partition coefficient (Wildman–Crippen LogP) is 2.72. The van der Waals surface area contributed by atoms with Crippen LogP contribution < -0.4 is 0 Å². The molecule has 0 aliphatic carbocycles. The second-order valence-corrected chi connectivity index (χ2v) is 3.80. The molecule has 0 heterocycles. The Balaban J connectivity index is 3.32. The summed E-state index contributed by atoms with van der Waals surface area (Å²) in [5, 5.41) is -0.309. The van der Waals surface area contributed by atoms with Crippen molar-refractivity contribution in [1.82, 2.24) is 4.90 Å². The first-order chi connectivity index (χ1) is 7.47. The molecule has 86 valence electrons. The number of halogens is 3. The summed E-state index contributed by atoms with van der Waals surface area (Å²) in [6, 6.07) is 2.48. The highest BCUT2D eigenvalue weighted by molar-refractivity contribution is 6.30. The monoisotopic (exact) mass is 245 g/mol. The number of carbonyl (C=O) groups excluding carboxylic acids is 1. The molecule has 0 atom stereocenters. The average Bonchev–Trinajstić information content (AvgIpc) is 2.23. The highest BCUT2D eigenvalue weighted by Crippen LogP contribution is 2.24. The molecule has 0 aliphatic rings. The van der Waals surface area contributed by atoms with Crippen LogP contribution >= 0.6 is 11.6 Å². The molecule has 0 saturated heterocycles. The summed E-state index contributed by atoms with van der Waals surface area (Å²) in [7, 11) is 3.35. The summed E-state index contributed by atoms with van der Waals surface area (Å²) in [6.45, 7) is 0. The van der Waals surface area contributed by atoms with E-state index in [1.54, 1.807) is 19.0 Å². The molecule has 16 heavy (non-hydrogen) atoms. The first-order valence-electron chi connectivity index (χ1n) is 4.44. The topological polar surface area (TPSA) is 20.3 Å². The zero-order chi connectivity index (χ0) is 12.3. The Bertz CT molecular complexity index is 444. The van der Waals surface area contributed by atoms with Crippen LogP contribution in [0.5, 0.6) is 0 Å². The third-order valence-electron chi connectivity index (χ3n) is 1.87. The SMILES string of the molecule is CN(C)/C=C(\C=O)c1ccc(Cl)c(F)c1F. The second-order valence-electron chi connectivity index (χ2n) is 3.39. The standard InChI is InChI=1S/C11H10ClF2NO/c1-15(2)5-7(6-16)8-3-4-9(12)11(14)10(8)13/h3-6H,1-2H3/b7-5+. The predicted molar refractivity (Wildman–Crippen MR) is 59.1 cm³/mol. The molecular weight excluding hydrogens is 236 g/mol. The van der Waals surface area contributed by atoms with Crippen LogP contribution in [0.4, 0.5) is 8.78 Å². The van der Waals surface area contributed by atoms with E-state index in [-0.39, 0.29) is 16.2 Å². The smallest absolute Gasteiger partial charge is 0.178 e. The lowest BCUT2D eigenvalue weighted by atomic mass is 10.1. The number of hydrogen-bond acceptors (Lipinski definition) is 2. The van der Waals surface area contributed by atoms with Gasteiger partial charge in [-0.25, -0.2) is 8.78 Å². The Hall–Kier alpha value is -1.42. The van der Waals surface area contributed by atoms with Gasteiger partial charge in [0.2, 0.25) is 0 Å². The van der Waals surface area contributed by atoms with Crippen LogP contribution in [-0.4, -0.2) is 25.3 Å². The van der Waals surface area contributed by atoms with Crippen molar-refractivity contribution < 1.29 is 13.6 Å². The fourth-order valence-electron chi connectivity index (χ4n) is 1.19. The first-order valence-corrected chi connectivity index (χ1v) is 4.82. The normalized spacial score (nSPS) is 11.4. The molecule has 0 unspecified atom stereocenters. The van der Waals surface area contributed by atoms with Gasteiger partial charge in [0.1, 0.15) is 0 Å². The lowest BCUT2D eigenvalue weighted by Gasteiger charge is -2.09. The van der Waals surface area contributed by atoms with Crippen LogP contribution in [0.3, 0.4) is 0 Å². The Kier molecular flexibility index (Phi) is 4.01. The lowest BCUT2D eigenvalue weighted by molar-refractivity contribution is -0.103. The molecule has 0 amide bonds. The molecule has 0 spiro atoms. The van der Waals surface area contributed by atoms with E-state index < -0.39 is 11.6 Å². The third-order valence-corrected chi connectivity index (χ3v) is 2.16. The molecule has 2 nitrogen and oxygen atoms in total. The van der Waals surface area contributed by atoms with Crippen molar-refractivity contribution in [2.45, 2.75) is 0 Å². The highest BCUT2D eigenvalue weighted by Gasteiger charge is 2.15. The molecule has 0 radical (unpaired) electrons. The molecule has 0 bridgehead atoms. The molecule has 0 aromatic heterocycles. The summed E-state index contributed by atoms with van der Waals surface area (Å²) < 4.78 is 26.6. The minimum atomic E-state index is -1.15. The summed E-state index contributed by atoms with van der Waals surface area (Å²) >= 11 is 5.41. The van der Waals surface area contributed by atoms with Gasteiger partial charge in [0.15, 0.2) is 17.9 Å². The van der Waals surface area contributed by atoms with E-state index in [1.807, 2.05) is 0 Å². The Labute approximate surface area is 97.1 Å². The summed E-state index contributed by atoms with van der Waals surface area (Å²) in [5.74, 6) is -2.27. The molecule has 0 N–H and O–H groups in total. The van der Waals surface area contributed by atoms with E-state index in [2.05, 4.69) is 0 Å². The molecule has 0 saturated carbocycles. The third kappa shape index (κ3) is 2.58. The zero-order valence-electron chi connectivity index (χ0n) is 8.80. The number of hydrogen-bond donors (Lipinski definition) is 0. The number of carbonyl (C=O) groups is 1. The van der Waals surface area contributed by atoms with Gasteiger partial charge < -0.3 is 4.90 Å². The van der Waals surface area contributed by atoms with Crippen LogP contribution in [0.2, 0.25) is 5.02 Å². The summed E-state index contributed by atoms with van der Waals surface area (Å²) in [6.07, 6.45) is 1.87. The molecule has 1 aromatic rings. The summed E-state index contributed by atoms with van der Waals surface area (Å²) in [5.41, 5.74) is -0.0522. The Morgan fingerprint density at radius 3 is 2.44 bits per heavy atom. The first kappa shape index (κ1) is 12.6. The van der Waals surface area contributed by atoms with E-state index in [0.29, 0.717) is 6.29 Å². The highest BCUT2D eigenvalue weighted by atomic mass is 35.5. The fraction of sp³-hybridized carbons (Fsp3) is 0.182. The van der Waals surface area contributed by atoms with Gasteiger partial charge in [-0.05, 0) is 12.1 Å². The molecule has 1 aromatic carbocycles. The molecule has 1 rings (SSSR count). The maximum atomic E-state index is 13.5. The summed E-state index contributed by atoms with van der Waals surface area (Å²) in [4.78, 5) is 12.3. The molecular formula is C11H10ClF2NO. The van der Waals surface area contributed by atoms with Crippen LogP contribution in [0.15, 0.2) is 18.3 Å². The Morgan fingerprint density at radius 2 is 1.94 bits per heavy atom. The van der Waals surface area contributed by atoms with Gasteiger partial charge in [0.05, 0.1) is 5.02 Å². The molecule has 5 heteroatoms. The number of rotatable bonds is 3. The van der Waals surface area contributed by atoms with E-state index in [4.69, 9.17) is 11.6 Å². The van der Waals surface area contributed by atoms with Gasteiger partial charge in [-0.2, -0.15) is 0 Å². The van der Waals surface area contributed by atoms with Gasteiger partial charge in [-0.1, -0.05) is 11.6 Å². The quantitative estimate of drug-likeness (QED) is 0.464. The second kappa shape index (κ2) is 5.07. The van der Waals surface area contributed by atoms with Crippen molar-refractivity contribution in [3.05, 3.63) is 40.6 Å². The Morgan fingerprint density at radius 1 is 1.31 bits per heavy atom. The van der Waals surface area contributed by atoms with Crippen molar-refractivity contribution in [2.75, 3.05) is 14.1 Å². The average molecular weight is 246 g/mol. The van der Waals surface area contributed by atoms with Crippen molar-refractivity contribution in [2.24, 2.45) is 0 Å². The van der Waals surface area contributed by atoms with Gasteiger partial charge in [0.25, 0.3) is 0 Å². The van der Waals surface area contributed by atoms with Gasteiger partial charge in [-0.3, -0.25) is 4.79 Å². The van der Waals surface area contributed by atoms with Crippen molar-refractivity contribution >= 4 is 23.5 Å². The minimum Gasteiger partial charge on any atom is -0.383 e. The minimum absolute atomic E-state index is 0.0538. The zero-order valence-corrected chi connectivity index (χ0v) is 9.55. The van der Waals surface area contributed by atoms with Crippen LogP contribution in [0.25, 0.3) is 5.57 Å². The van der Waals surface area contributed by atoms with E-state index in [9.17, 15) is 13.6 Å². The number of benzene rings is 1. The lowest BCUT2D eigenvalue weighted by Crippen LogP contribution is -2.05. The van der Waals surface area contributed by atoms with E-state index in [1.165, 1.54) is 18.3 Å². The maximum absolute atomic E-state index is 13.5.